The van der Waals surface area contributed by atoms with Crippen LogP contribution in [0.15, 0.2) is 0 Å². The summed E-state index contributed by atoms with van der Waals surface area (Å²) in [6.07, 6.45) is 0. The number of alkyl halides is 2. The van der Waals surface area contributed by atoms with Gasteiger partial charge < -0.3 is 10.6 Å². The average Bonchev–Trinajstić information content (AvgIpc) is 1.81. The van der Waals surface area contributed by atoms with Crippen molar-refractivity contribution in [2.24, 2.45) is 0 Å². The lowest BCUT2D eigenvalue weighted by molar-refractivity contribution is 0.463. The van der Waals surface area contributed by atoms with E-state index in [-0.39, 0.29) is 5.54 Å². The molecule has 88 valence electrons. The molecule has 0 heterocycles. The molecule has 0 saturated carbocycles. The van der Waals surface area contributed by atoms with Crippen LogP contribution in [0.2, 0.25) is 0 Å². The molecule has 0 atom stereocenters. The number of hydrogen-bond acceptors (Lipinski definition) is 2. The molecule has 0 aromatic carbocycles. The summed E-state index contributed by atoms with van der Waals surface area (Å²) < 4.78 is 1.03. The van der Waals surface area contributed by atoms with Crippen LogP contribution in [-0.4, -0.2) is 21.1 Å². The Morgan fingerprint density at radius 1 is 0.929 bits per heavy atom. The maximum atomic E-state index is 3.27. The van der Waals surface area contributed by atoms with E-state index in [9.17, 15) is 0 Å². The van der Waals surface area contributed by atoms with Gasteiger partial charge in [-0.05, 0) is 41.5 Å². The van der Waals surface area contributed by atoms with Gasteiger partial charge >= 0.3 is 0 Å². The van der Waals surface area contributed by atoms with E-state index in [0.29, 0.717) is 5.54 Å². The molecular weight excluding hydrogens is 355 g/mol. The van der Waals surface area contributed by atoms with Crippen LogP contribution in [0.3, 0.4) is 0 Å². The maximum Gasteiger partial charge on any atom is 0.0521 e. The highest BCUT2D eigenvalue weighted by atomic mass is 127. The molecule has 0 aliphatic carbocycles. The fourth-order valence-corrected chi connectivity index (χ4v) is 2.39. The Bertz CT molecular complexity index is 111. The molecule has 0 saturated heterocycles. The summed E-state index contributed by atoms with van der Waals surface area (Å²) in [5.41, 5.74) is 1.42. The Morgan fingerprint density at radius 2 is 1.29 bits per heavy atom. The SMILES string of the molecule is CC(C)(C)NCBr.CC(C)(C)NCI. The van der Waals surface area contributed by atoms with E-state index in [1.165, 1.54) is 0 Å². The Balaban J connectivity index is 0. The van der Waals surface area contributed by atoms with E-state index in [0.717, 1.165) is 10.0 Å². The first-order valence-electron chi connectivity index (χ1n) is 4.74. The molecule has 0 amide bonds. The van der Waals surface area contributed by atoms with Gasteiger partial charge in [0.2, 0.25) is 0 Å². The Kier molecular flexibility index (Phi) is 10.4. The van der Waals surface area contributed by atoms with Gasteiger partial charge in [-0.1, -0.05) is 38.5 Å². The molecule has 0 spiro atoms. The minimum Gasteiger partial charge on any atom is -0.303 e. The third kappa shape index (κ3) is 23.2. The highest BCUT2D eigenvalue weighted by molar-refractivity contribution is 14.1. The highest BCUT2D eigenvalue weighted by Gasteiger charge is 2.05. The zero-order chi connectivity index (χ0) is 11.8. The summed E-state index contributed by atoms with van der Waals surface area (Å²) in [6, 6.07) is 0. The maximum absolute atomic E-state index is 3.27. The number of hydrogen-bond donors (Lipinski definition) is 2. The van der Waals surface area contributed by atoms with Crippen molar-refractivity contribution in [1.82, 2.24) is 10.6 Å². The van der Waals surface area contributed by atoms with Crippen molar-refractivity contribution in [1.29, 1.82) is 0 Å². The van der Waals surface area contributed by atoms with Gasteiger partial charge in [0, 0.05) is 15.6 Å². The van der Waals surface area contributed by atoms with Crippen LogP contribution in [0.5, 0.6) is 0 Å². The second kappa shape index (κ2) is 8.30. The minimum absolute atomic E-state index is 0.253. The topological polar surface area (TPSA) is 24.1 Å². The van der Waals surface area contributed by atoms with E-state index in [1.54, 1.807) is 0 Å². The lowest BCUT2D eigenvalue weighted by Gasteiger charge is -2.17. The number of halogens is 2. The van der Waals surface area contributed by atoms with Gasteiger partial charge in [0.25, 0.3) is 0 Å². The van der Waals surface area contributed by atoms with E-state index in [2.05, 4.69) is 90.7 Å². The molecule has 2 N–H and O–H groups in total. The van der Waals surface area contributed by atoms with E-state index >= 15 is 0 Å². The van der Waals surface area contributed by atoms with Crippen LogP contribution in [0, 0.1) is 0 Å². The van der Waals surface area contributed by atoms with Crippen LogP contribution in [0.4, 0.5) is 0 Å². The molecule has 14 heavy (non-hydrogen) atoms. The monoisotopic (exact) mass is 378 g/mol. The van der Waals surface area contributed by atoms with Gasteiger partial charge in [0.15, 0.2) is 0 Å². The third-order valence-electron chi connectivity index (χ3n) is 1.19. The third-order valence-corrected chi connectivity index (χ3v) is 1.86. The molecule has 0 fully saturated rings. The van der Waals surface area contributed by atoms with Crippen molar-refractivity contribution in [3.63, 3.8) is 0 Å². The van der Waals surface area contributed by atoms with Crippen LogP contribution < -0.4 is 10.6 Å². The fraction of sp³-hybridized carbons (Fsp3) is 1.00. The normalized spacial score (nSPS) is 12.0. The summed E-state index contributed by atoms with van der Waals surface area (Å²) in [6.45, 7) is 12.9. The highest BCUT2D eigenvalue weighted by Crippen LogP contribution is 1.98. The summed E-state index contributed by atoms with van der Waals surface area (Å²) >= 11 is 5.58. The fourth-order valence-electron chi connectivity index (χ4n) is 0.401. The van der Waals surface area contributed by atoms with Gasteiger partial charge in [-0.2, -0.15) is 0 Å². The Morgan fingerprint density at radius 3 is 1.29 bits per heavy atom. The lowest BCUT2D eigenvalue weighted by Crippen LogP contribution is -2.34. The first kappa shape index (κ1) is 17.5. The van der Waals surface area contributed by atoms with Gasteiger partial charge in [0.05, 0.1) is 5.45 Å². The van der Waals surface area contributed by atoms with Crippen molar-refractivity contribution in [3.05, 3.63) is 0 Å². The van der Waals surface area contributed by atoms with Gasteiger partial charge in [-0.25, -0.2) is 0 Å². The van der Waals surface area contributed by atoms with Crippen LogP contribution in [-0.2, 0) is 0 Å². The predicted octanol–water partition coefficient (Wildman–Crippen LogP) is 3.49. The van der Waals surface area contributed by atoms with Crippen LogP contribution >= 0.6 is 38.5 Å². The smallest absolute Gasteiger partial charge is 0.0521 e. The largest absolute Gasteiger partial charge is 0.303 e. The molecule has 0 aromatic heterocycles. The average molecular weight is 379 g/mol. The standard InChI is InChI=1S/C5H12BrN.C5H12IN/c2*1-5(2,3)7-4-6/h2*7H,4H2,1-3H3. The van der Waals surface area contributed by atoms with Crippen molar-refractivity contribution in [3.8, 4) is 0 Å². The van der Waals surface area contributed by atoms with Crippen LogP contribution in [0.25, 0.3) is 0 Å². The van der Waals surface area contributed by atoms with Crippen molar-refractivity contribution < 1.29 is 0 Å². The van der Waals surface area contributed by atoms with Gasteiger partial charge in [0.1, 0.15) is 0 Å². The molecule has 2 nitrogen and oxygen atoms in total. The first-order chi connectivity index (χ1) is 6.12. The van der Waals surface area contributed by atoms with E-state index < -0.39 is 0 Å². The molecule has 0 bridgehead atoms. The molecule has 0 aliphatic heterocycles. The summed E-state index contributed by atoms with van der Waals surface area (Å²) in [4.78, 5) is 0. The Hall–Kier alpha value is 1.13. The minimum atomic E-state index is 0.253. The number of rotatable bonds is 2. The van der Waals surface area contributed by atoms with Gasteiger partial charge in [-0.3, -0.25) is 0 Å². The van der Waals surface area contributed by atoms with Crippen molar-refractivity contribution >= 4 is 38.5 Å². The summed E-state index contributed by atoms with van der Waals surface area (Å²) in [7, 11) is 0. The molecular formula is C10H24BrIN2. The van der Waals surface area contributed by atoms with Crippen molar-refractivity contribution in [2.45, 2.75) is 52.6 Å². The summed E-state index contributed by atoms with van der Waals surface area (Å²) in [5.74, 6) is 0. The predicted molar refractivity (Wildman–Crippen MR) is 78.5 cm³/mol. The zero-order valence-corrected chi connectivity index (χ0v) is 13.9. The molecule has 4 heteroatoms. The number of nitrogens with one attached hydrogen (secondary N) is 2. The van der Waals surface area contributed by atoms with E-state index in [1.807, 2.05) is 0 Å². The molecule has 0 unspecified atom stereocenters. The zero-order valence-electron chi connectivity index (χ0n) is 10.2. The Labute approximate surface area is 111 Å². The lowest BCUT2D eigenvalue weighted by atomic mass is 10.1. The molecule has 0 aromatic rings. The quantitative estimate of drug-likeness (QED) is 0.436. The summed E-state index contributed by atoms with van der Waals surface area (Å²) in [5, 5.41) is 6.47. The first-order valence-corrected chi connectivity index (χ1v) is 7.39. The van der Waals surface area contributed by atoms with Gasteiger partial charge in [-0.15, -0.1) is 0 Å². The second-order valence-electron chi connectivity index (χ2n) is 5.12. The van der Waals surface area contributed by atoms with E-state index in [4.69, 9.17) is 0 Å². The second-order valence-corrected chi connectivity index (χ2v) is 6.44. The van der Waals surface area contributed by atoms with Crippen molar-refractivity contribution in [2.75, 3.05) is 10.0 Å². The molecule has 0 aliphatic rings. The molecule has 0 rings (SSSR count). The molecule has 0 radical (unpaired) electrons. The van der Waals surface area contributed by atoms with Crippen LogP contribution in [0.1, 0.15) is 41.5 Å².